The van der Waals surface area contributed by atoms with Gasteiger partial charge in [-0.05, 0) is 17.7 Å². The molecule has 1 aliphatic rings. The Bertz CT molecular complexity index is 803. The second kappa shape index (κ2) is 8.16. The predicted molar refractivity (Wildman–Crippen MR) is 92.6 cm³/mol. The number of methoxy groups -OCH3 is 1. The number of ether oxygens (including phenoxy) is 2. The van der Waals surface area contributed by atoms with Crippen LogP contribution in [0.15, 0.2) is 36.7 Å². The largest absolute Gasteiger partial charge is 0.497 e. The van der Waals surface area contributed by atoms with Gasteiger partial charge in [0.25, 0.3) is 5.88 Å². The van der Waals surface area contributed by atoms with Crippen LogP contribution in [0, 0.1) is 11.3 Å². The average Bonchev–Trinajstić information content (AvgIpc) is 3.15. The number of likely N-dealkylation sites (tertiary alicyclic amines) is 1. The summed E-state index contributed by atoms with van der Waals surface area (Å²) in [6.45, 7) is 1.46. The fraction of sp³-hybridized carbons (Fsp3) is 0.333. The van der Waals surface area contributed by atoms with Crippen molar-refractivity contribution in [3.05, 3.63) is 47.9 Å². The Hall–Kier alpha value is -3.34. The highest BCUT2D eigenvalue weighted by Crippen LogP contribution is 2.18. The molecule has 8 nitrogen and oxygen atoms in total. The first kappa shape index (κ1) is 17.5. The van der Waals surface area contributed by atoms with Crippen LogP contribution < -0.4 is 14.8 Å². The van der Waals surface area contributed by atoms with Gasteiger partial charge in [-0.15, -0.1) is 0 Å². The Kier molecular flexibility index (Phi) is 5.49. The maximum absolute atomic E-state index is 12.3. The third-order valence-corrected chi connectivity index (χ3v) is 4.08. The van der Waals surface area contributed by atoms with Crippen LogP contribution in [0.3, 0.4) is 0 Å². The van der Waals surface area contributed by atoms with Crippen LogP contribution in [0.4, 0.5) is 4.79 Å². The van der Waals surface area contributed by atoms with E-state index < -0.39 is 0 Å². The zero-order chi connectivity index (χ0) is 18.4. The maximum atomic E-state index is 12.3. The molecule has 1 aromatic carbocycles. The lowest BCUT2D eigenvalue weighted by Crippen LogP contribution is -2.39. The first-order valence-corrected chi connectivity index (χ1v) is 8.23. The summed E-state index contributed by atoms with van der Waals surface area (Å²) in [4.78, 5) is 22.0. The van der Waals surface area contributed by atoms with Gasteiger partial charge in [0.15, 0.2) is 0 Å². The van der Waals surface area contributed by atoms with Crippen LogP contribution in [0.1, 0.15) is 17.7 Å². The summed E-state index contributed by atoms with van der Waals surface area (Å²) in [5, 5.41) is 11.9. The van der Waals surface area contributed by atoms with Gasteiger partial charge in [-0.3, -0.25) is 0 Å². The van der Waals surface area contributed by atoms with Crippen molar-refractivity contribution >= 4 is 6.03 Å². The molecule has 134 valence electrons. The third-order valence-electron chi connectivity index (χ3n) is 4.08. The van der Waals surface area contributed by atoms with Crippen LogP contribution in [-0.4, -0.2) is 47.2 Å². The molecule has 0 saturated carbocycles. The van der Waals surface area contributed by atoms with Gasteiger partial charge in [0.05, 0.1) is 13.7 Å². The zero-order valence-electron chi connectivity index (χ0n) is 14.4. The van der Waals surface area contributed by atoms with Crippen LogP contribution in [0.5, 0.6) is 11.6 Å². The molecule has 1 saturated heterocycles. The van der Waals surface area contributed by atoms with Crippen molar-refractivity contribution in [3.63, 3.8) is 0 Å². The molecule has 3 rings (SSSR count). The normalized spacial score (nSPS) is 16.0. The molecule has 1 aliphatic heterocycles. The maximum Gasteiger partial charge on any atom is 0.317 e. The van der Waals surface area contributed by atoms with Crippen LogP contribution >= 0.6 is 0 Å². The monoisotopic (exact) mass is 353 g/mol. The van der Waals surface area contributed by atoms with Crippen LogP contribution in [-0.2, 0) is 6.54 Å². The molecule has 1 N–H and O–H groups in total. The topological polar surface area (TPSA) is 100 Å². The summed E-state index contributed by atoms with van der Waals surface area (Å²) in [6, 6.07) is 9.33. The van der Waals surface area contributed by atoms with Crippen molar-refractivity contribution in [1.82, 2.24) is 20.2 Å². The van der Waals surface area contributed by atoms with Gasteiger partial charge in [0, 0.05) is 31.9 Å². The number of hydrogen-bond donors (Lipinski definition) is 1. The van der Waals surface area contributed by atoms with E-state index in [2.05, 4.69) is 15.3 Å². The molecule has 1 unspecified atom stereocenters. The van der Waals surface area contributed by atoms with Crippen molar-refractivity contribution in [3.8, 4) is 17.7 Å². The number of hydrogen-bond acceptors (Lipinski definition) is 6. The molecule has 0 bridgehead atoms. The molecular formula is C18H19N5O3. The molecule has 0 spiro atoms. The van der Waals surface area contributed by atoms with E-state index in [0.29, 0.717) is 26.1 Å². The molecule has 26 heavy (non-hydrogen) atoms. The zero-order valence-corrected chi connectivity index (χ0v) is 14.4. The molecule has 1 aromatic heterocycles. The number of benzene rings is 1. The van der Waals surface area contributed by atoms with Gasteiger partial charge < -0.3 is 19.7 Å². The number of nitriles is 1. The van der Waals surface area contributed by atoms with Crippen molar-refractivity contribution in [2.24, 2.45) is 0 Å². The lowest BCUT2D eigenvalue weighted by Gasteiger charge is -2.18. The molecule has 0 aliphatic carbocycles. The number of nitrogens with one attached hydrogen (secondary N) is 1. The number of aromatic nitrogens is 2. The summed E-state index contributed by atoms with van der Waals surface area (Å²) >= 11 is 0. The molecular weight excluding hydrogens is 334 g/mol. The lowest BCUT2D eigenvalue weighted by atomic mass is 10.2. The minimum Gasteiger partial charge on any atom is -0.497 e. The molecule has 0 radical (unpaired) electrons. The number of urea groups is 1. The Labute approximate surface area is 151 Å². The van der Waals surface area contributed by atoms with Gasteiger partial charge in [0.1, 0.15) is 17.9 Å². The fourth-order valence-electron chi connectivity index (χ4n) is 2.69. The number of carbonyl (C=O) groups excluding carboxylic acids is 1. The summed E-state index contributed by atoms with van der Waals surface area (Å²) in [6.07, 6.45) is 3.39. The smallest absolute Gasteiger partial charge is 0.317 e. The van der Waals surface area contributed by atoms with Crippen molar-refractivity contribution < 1.29 is 14.3 Å². The van der Waals surface area contributed by atoms with E-state index in [1.807, 2.05) is 30.3 Å². The highest BCUT2D eigenvalue weighted by Gasteiger charge is 2.28. The first-order chi connectivity index (χ1) is 12.7. The fourth-order valence-corrected chi connectivity index (χ4v) is 2.69. The lowest BCUT2D eigenvalue weighted by molar-refractivity contribution is 0.182. The summed E-state index contributed by atoms with van der Waals surface area (Å²) < 4.78 is 10.8. The van der Waals surface area contributed by atoms with E-state index in [-0.39, 0.29) is 23.7 Å². The number of amides is 2. The standard InChI is InChI=1S/C18H19N5O3/c1-25-14-4-2-13(3-5-14)11-22-18(24)23-9-6-15(12-23)26-17-16(10-19)20-7-8-21-17/h2-5,7-8,15H,6,9,11-12H2,1H3,(H,22,24). The van der Waals surface area contributed by atoms with E-state index in [1.165, 1.54) is 12.4 Å². The highest BCUT2D eigenvalue weighted by atomic mass is 16.5. The van der Waals surface area contributed by atoms with Crippen molar-refractivity contribution in [2.45, 2.75) is 19.1 Å². The van der Waals surface area contributed by atoms with E-state index >= 15 is 0 Å². The van der Waals surface area contributed by atoms with Crippen LogP contribution in [0.2, 0.25) is 0 Å². The SMILES string of the molecule is COc1ccc(CNC(=O)N2CCC(Oc3nccnc3C#N)C2)cc1. The van der Waals surface area contributed by atoms with Crippen molar-refractivity contribution in [1.29, 1.82) is 5.26 Å². The predicted octanol–water partition coefficient (Wildman–Crippen LogP) is 1.72. The number of rotatable bonds is 5. The second-order valence-corrected chi connectivity index (χ2v) is 5.80. The van der Waals surface area contributed by atoms with Crippen molar-refractivity contribution in [2.75, 3.05) is 20.2 Å². The van der Waals surface area contributed by atoms with E-state index in [0.717, 1.165) is 11.3 Å². The number of nitrogens with zero attached hydrogens (tertiary/aromatic N) is 4. The Balaban J connectivity index is 1.50. The Morgan fingerprint density at radius 2 is 2.12 bits per heavy atom. The van der Waals surface area contributed by atoms with Gasteiger partial charge in [0.2, 0.25) is 5.69 Å². The molecule has 2 aromatic rings. The second-order valence-electron chi connectivity index (χ2n) is 5.80. The highest BCUT2D eigenvalue weighted by molar-refractivity contribution is 5.74. The Morgan fingerprint density at radius 1 is 1.35 bits per heavy atom. The Morgan fingerprint density at radius 3 is 2.85 bits per heavy atom. The van der Waals surface area contributed by atoms with Gasteiger partial charge in [-0.25, -0.2) is 14.8 Å². The molecule has 1 atom stereocenters. The van der Waals surface area contributed by atoms with Crippen LogP contribution in [0.25, 0.3) is 0 Å². The van der Waals surface area contributed by atoms with Gasteiger partial charge >= 0.3 is 6.03 Å². The average molecular weight is 353 g/mol. The summed E-state index contributed by atoms with van der Waals surface area (Å²) in [7, 11) is 1.61. The first-order valence-electron chi connectivity index (χ1n) is 8.23. The third kappa shape index (κ3) is 4.19. The molecule has 2 heterocycles. The van der Waals surface area contributed by atoms with Gasteiger partial charge in [-0.2, -0.15) is 5.26 Å². The minimum absolute atomic E-state index is 0.147. The quantitative estimate of drug-likeness (QED) is 0.878. The van der Waals surface area contributed by atoms with E-state index in [9.17, 15) is 4.79 Å². The number of carbonyl (C=O) groups is 1. The molecule has 8 heteroatoms. The van der Waals surface area contributed by atoms with Gasteiger partial charge in [-0.1, -0.05) is 12.1 Å². The van der Waals surface area contributed by atoms with E-state index in [1.54, 1.807) is 12.0 Å². The molecule has 2 amide bonds. The minimum atomic E-state index is -0.203. The summed E-state index contributed by atoms with van der Waals surface area (Å²) in [5.41, 5.74) is 1.14. The van der Waals surface area contributed by atoms with E-state index in [4.69, 9.17) is 14.7 Å². The molecule has 1 fully saturated rings. The summed E-state index contributed by atoms with van der Waals surface area (Å²) in [5.74, 6) is 0.987.